The highest BCUT2D eigenvalue weighted by Crippen LogP contribution is 2.47. The van der Waals surface area contributed by atoms with Crippen LogP contribution in [0.15, 0.2) is 41.3 Å². The minimum atomic E-state index is -1.44. The van der Waals surface area contributed by atoms with Crippen molar-refractivity contribution >= 4 is 16.8 Å². The fraction of sp³-hybridized carbons (Fsp3) is 0.571. The molecule has 25 heavy (non-hydrogen) atoms. The van der Waals surface area contributed by atoms with Gasteiger partial charge in [0.15, 0.2) is 0 Å². The van der Waals surface area contributed by atoms with E-state index >= 15 is 0 Å². The van der Waals surface area contributed by atoms with Gasteiger partial charge in [-0.3, -0.25) is 9.00 Å². The van der Waals surface area contributed by atoms with Crippen LogP contribution in [-0.2, 0) is 20.3 Å². The summed E-state index contributed by atoms with van der Waals surface area (Å²) >= 11 is 0. The summed E-state index contributed by atoms with van der Waals surface area (Å²) in [6.45, 7) is 12.6. The average molecular weight is 363 g/mol. The lowest BCUT2D eigenvalue weighted by Gasteiger charge is -2.43. The molecule has 1 aliphatic carbocycles. The first kappa shape index (κ1) is 19.9. The van der Waals surface area contributed by atoms with Crippen LogP contribution in [0.1, 0.15) is 45.6 Å². The van der Waals surface area contributed by atoms with Gasteiger partial charge in [-0.2, -0.15) is 0 Å². The van der Waals surface area contributed by atoms with E-state index < -0.39 is 16.0 Å². The molecule has 0 spiro atoms. The van der Waals surface area contributed by atoms with E-state index in [0.29, 0.717) is 4.90 Å². The molecule has 1 fully saturated rings. The standard InChI is InChI=1S/C21H30O3S/c1-14(2)17-11-12-21(4,5)13-18(17)19(20(22)24-6)25(23)16-9-7-15(3)8-10-16/h7-10,17-19H,1,11-13H2,2-6H3. The summed E-state index contributed by atoms with van der Waals surface area (Å²) in [4.78, 5) is 13.3. The minimum absolute atomic E-state index is 0.0177. The molecular weight excluding hydrogens is 332 g/mol. The highest BCUT2D eigenvalue weighted by Gasteiger charge is 2.45. The zero-order valence-electron chi connectivity index (χ0n) is 16.0. The van der Waals surface area contributed by atoms with E-state index in [1.54, 1.807) is 0 Å². The highest BCUT2D eigenvalue weighted by atomic mass is 32.2. The predicted octanol–water partition coefficient (Wildman–Crippen LogP) is 4.66. The van der Waals surface area contributed by atoms with Gasteiger partial charge < -0.3 is 4.74 Å². The zero-order valence-corrected chi connectivity index (χ0v) is 16.8. The Kier molecular flexibility index (Phi) is 6.26. The number of benzene rings is 1. The van der Waals surface area contributed by atoms with Crippen LogP contribution in [0.4, 0.5) is 0 Å². The first-order valence-electron chi connectivity index (χ1n) is 8.87. The molecule has 0 radical (unpaired) electrons. The molecule has 1 aromatic rings. The second-order valence-electron chi connectivity index (χ2n) is 8.08. The van der Waals surface area contributed by atoms with Gasteiger partial charge in [0.1, 0.15) is 5.25 Å². The maximum atomic E-state index is 13.3. The summed E-state index contributed by atoms with van der Waals surface area (Å²) in [5, 5.41) is -0.658. The normalized spacial score (nSPS) is 25.0. The topological polar surface area (TPSA) is 43.4 Å². The van der Waals surface area contributed by atoms with Crippen LogP contribution >= 0.6 is 0 Å². The number of hydrogen-bond donors (Lipinski definition) is 0. The third-order valence-corrected chi connectivity index (χ3v) is 7.12. The minimum Gasteiger partial charge on any atom is -0.468 e. The van der Waals surface area contributed by atoms with Crippen molar-refractivity contribution < 1.29 is 13.7 Å². The molecule has 0 heterocycles. The van der Waals surface area contributed by atoms with Crippen LogP contribution in [0.25, 0.3) is 0 Å². The van der Waals surface area contributed by atoms with Gasteiger partial charge in [-0.05, 0) is 62.5 Å². The highest BCUT2D eigenvalue weighted by molar-refractivity contribution is 7.86. The fourth-order valence-electron chi connectivity index (χ4n) is 3.93. The van der Waals surface area contributed by atoms with E-state index in [1.807, 2.05) is 38.1 Å². The summed E-state index contributed by atoms with van der Waals surface area (Å²) in [6.07, 6.45) is 2.92. The number of hydrogen-bond acceptors (Lipinski definition) is 3. The third-order valence-electron chi connectivity index (χ3n) is 5.38. The predicted molar refractivity (Wildman–Crippen MR) is 103 cm³/mol. The number of ether oxygens (including phenoxy) is 1. The molecule has 0 saturated heterocycles. The lowest BCUT2D eigenvalue weighted by Crippen LogP contribution is -2.44. The van der Waals surface area contributed by atoms with Crippen LogP contribution < -0.4 is 0 Å². The molecular formula is C21H30O3S. The molecule has 138 valence electrons. The van der Waals surface area contributed by atoms with Crippen molar-refractivity contribution in [1.29, 1.82) is 0 Å². The molecule has 4 atom stereocenters. The van der Waals surface area contributed by atoms with Gasteiger partial charge in [0.2, 0.25) is 0 Å². The Morgan fingerprint density at radius 1 is 1.32 bits per heavy atom. The van der Waals surface area contributed by atoms with E-state index in [4.69, 9.17) is 4.74 Å². The van der Waals surface area contributed by atoms with Gasteiger partial charge >= 0.3 is 5.97 Å². The Hall–Kier alpha value is -1.42. The number of carbonyl (C=O) groups is 1. The van der Waals surface area contributed by atoms with Gasteiger partial charge in [-0.15, -0.1) is 0 Å². The number of allylic oxidation sites excluding steroid dienone is 1. The Bertz CT molecular complexity index is 660. The summed E-state index contributed by atoms with van der Waals surface area (Å²) in [5.41, 5.74) is 2.30. The number of esters is 1. The lowest BCUT2D eigenvalue weighted by atomic mass is 9.64. The monoisotopic (exact) mass is 362 g/mol. The molecule has 4 heteroatoms. The maximum absolute atomic E-state index is 13.3. The summed E-state index contributed by atoms with van der Waals surface area (Å²) in [5.74, 6) is -0.199. The maximum Gasteiger partial charge on any atom is 0.322 e. The second-order valence-corrected chi connectivity index (χ2v) is 9.65. The molecule has 0 amide bonds. The van der Waals surface area contributed by atoms with Crippen LogP contribution in [0, 0.1) is 24.2 Å². The number of carbonyl (C=O) groups excluding carboxylic acids is 1. The summed E-state index contributed by atoms with van der Waals surface area (Å²) < 4.78 is 18.4. The molecule has 0 bridgehead atoms. The van der Waals surface area contributed by atoms with Crippen molar-refractivity contribution in [3.8, 4) is 0 Å². The molecule has 1 saturated carbocycles. The number of aryl methyl sites for hydroxylation is 1. The summed E-state index contributed by atoms with van der Waals surface area (Å²) in [7, 11) is -0.0627. The van der Waals surface area contributed by atoms with E-state index in [1.165, 1.54) is 7.11 Å². The fourth-order valence-corrected chi connectivity index (χ4v) is 5.50. The van der Waals surface area contributed by atoms with Gasteiger partial charge in [0.05, 0.1) is 17.9 Å². The first-order valence-corrected chi connectivity index (χ1v) is 10.1. The van der Waals surface area contributed by atoms with Crippen LogP contribution in [-0.4, -0.2) is 22.5 Å². The second kappa shape index (κ2) is 7.86. The molecule has 0 aliphatic heterocycles. The van der Waals surface area contributed by atoms with Crippen LogP contribution in [0.5, 0.6) is 0 Å². The van der Waals surface area contributed by atoms with Gasteiger partial charge in [-0.1, -0.05) is 43.7 Å². The molecule has 2 rings (SSSR count). The zero-order chi connectivity index (χ0) is 18.8. The molecule has 3 nitrogen and oxygen atoms in total. The quantitative estimate of drug-likeness (QED) is 0.565. The Balaban J connectivity index is 2.43. The van der Waals surface area contributed by atoms with Crippen LogP contribution in [0.2, 0.25) is 0 Å². The number of methoxy groups -OCH3 is 1. The lowest BCUT2D eigenvalue weighted by molar-refractivity contribution is -0.142. The molecule has 4 unspecified atom stereocenters. The Morgan fingerprint density at radius 3 is 2.44 bits per heavy atom. The van der Waals surface area contributed by atoms with Crippen molar-refractivity contribution in [3.63, 3.8) is 0 Å². The Morgan fingerprint density at radius 2 is 1.92 bits per heavy atom. The van der Waals surface area contributed by atoms with Gasteiger partial charge in [0, 0.05) is 4.90 Å². The summed E-state index contributed by atoms with van der Waals surface area (Å²) in [6, 6.07) is 7.57. The molecule has 1 aromatic carbocycles. The largest absolute Gasteiger partial charge is 0.468 e. The molecule has 0 N–H and O–H groups in total. The van der Waals surface area contributed by atoms with E-state index in [0.717, 1.165) is 30.4 Å². The van der Waals surface area contributed by atoms with Gasteiger partial charge in [0.25, 0.3) is 0 Å². The SMILES string of the molecule is C=C(C)C1CCC(C)(C)CC1C(C(=O)OC)S(=O)c1ccc(C)cc1. The Labute approximate surface area is 154 Å². The third kappa shape index (κ3) is 4.60. The number of rotatable bonds is 5. The van der Waals surface area contributed by atoms with Crippen molar-refractivity contribution in [2.75, 3.05) is 7.11 Å². The van der Waals surface area contributed by atoms with Crippen molar-refractivity contribution in [2.24, 2.45) is 17.3 Å². The van der Waals surface area contributed by atoms with Crippen LogP contribution in [0.3, 0.4) is 0 Å². The average Bonchev–Trinajstić information content (AvgIpc) is 2.54. The van der Waals surface area contributed by atoms with Crippen molar-refractivity contribution in [3.05, 3.63) is 42.0 Å². The molecule has 1 aliphatic rings. The first-order chi connectivity index (χ1) is 11.7. The van der Waals surface area contributed by atoms with Gasteiger partial charge in [-0.25, -0.2) is 0 Å². The van der Waals surface area contributed by atoms with E-state index in [2.05, 4.69) is 20.4 Å². The van der Waals surface area contributed by atoms with E-state index in [-0.39, 0.29) is 23.2 Å². The van der Waals surface area contributed by atoms with E-state index in [9.17, 15) is 9.00 Å². The smallest absolute Gasteiger partial charge is 0.322 e. The van der Waals surface area contributed by atoms with Crippen molar-refractivity contribution in [2.45, 2.75) is 57.1 Å². The molecule has 0 aromatic heterocycles. The van der Waals surface area contributed by atoms with Crippen molar-refractivity contribution in [1.82, 2.24) is 0 Å².